The highest BCUT2D eigenvalue weighted by Gasteiger charge is 2.23. The summed E-state index contributed by atoms with van der Waals surface area (Å²) in [6, 6.07) is 3.24. The van der Waals surface area contributed by atoms with Crippen LogP contribution in [0.3, 0.4) is 0 Å². The van der Waals surface area contributed by atoms with Gasteiger partial charge in [-0.05, 0) is 38.6 Å². The first-order valence-corrected chi connectivity index (χ1v) is 9.26. The van der Waals surface area contributed by atoms with Crippen LogP contribution in [0.2, 0.25) is 0 Å². The maximum absolute atomic E-state index is 12.6. The normalized spacial score (nSPS) is 11.2. The number of hydrogen-bond acceptors (Lipinski definition) is 7. The number of benzene rings is 1. The van der Waals surface area contributed by atoms with Crippen molar-refractivity contribution < 1.29 is 23.4 Å². The van der Waals surface area contributed by atoms with Gasteiger partial charge in [-0.1, -0.05) is 13.3 Å². The Kier molecular flexibility index (Phi) is 7.49. The van der Waals surface area contributed by atoms with E-state index in [-0.39, 0.29) is 17.3 Å². The second-order valence-corrected chi connectivity index (χ2v) is 6.48. The maximum Gasteiger partial charge on any atom is 0.351 e. The summed E-state index contributed by atoms with van der Waals surface area (Å²) in [7, 11) is 3.01. The molecule has 0 bridgehead atoms. The predicted molar refractivity (Wildman–Crippen MR) is 108 cm³/mol. The van der Waals surface area contributed by atoms with Gasteiger partial charge in [-0.25, -0.2) is 9.59 Å². The van der Waals surface area contributed by atoms with Crippen LogP contribution in [0.5, 0.6) is 11.5 Å². The zero-order valence-corrected chi connectivity index (χ0v) is 17.0. The van der Waals surface area contributed by atoms with Crippen LogP contribution in [-0.2, 0) is 4.74 Å². The number of unbranched alkanes of at least 4 members (excludes halogenated alkanes) is 1. The van der Waals surface area contributed by atoms with Crippen molar-refractivity contribution in [3.8, 4) is 11.5 Å². The van der Waals surface area contributed by atoms with Crippen molar-refractivity contribution in [1.29, 1.82) is 0 Å². The van der Waals surface area contributed by atoms with Gasteiger partial charge < -0.3 is 23.9 Å². The number of methoxy groups -OCH3 is 2. The Morgan fingerprint density at radius 1 is 1.21 bits per heavy atom. The second-order valence-electron chi connectivity index (χ2n) is 6.48. The van der Waals surface area contributed by atoms with E-state index in [1.165, 1.54) is 14.2 Å². The second kappa shape index (κ2) is 9.82. The summed E-state index contributed by atoms with van der Waals surface area (Å²) in [5.41, 5.74) is -0.223. The van der Waals surface area contributed by atoms with Crippen LogP contribution in [0, 0.1) is 0 Å². The highest BCUT2D eigenvalue weighted by molar-refractivity contribution is 6.01. The van der Waals surface area contributed by atoms with E-state index in [9.17, 15) is 9.59 Å². The summed E-state index contributed by atoms with van der Waals surface area (Å²) < 4.78 is 21.2. The van der Waals surface area contributed by atoms with Gasteiger partial charge in [0.1, 0.15) is 5.58 Å². The van der Waals surface area contributed by atoms with Crippen LogP contribution in [0.4, 0.5) is 0 Å². The summed E-state index contributed by atoms with van der Waals surface area (Å²) in [6.07, 6.45) is 5.09. The smallest absolute Gasteiger partial charge is 0.351 e. The molecule has 0 aliphatic heterocycles. The topological polar surface area (TPSA) is 87.0 Å². The molecule has 2 aromatic rings. The molecular weight excluding hydrogens is 362 g/mol. The molecule has 0 fully saturated rings. The van der Waals surface area contributed by atoms with Crippen LogP contribution < -0.4 is 20.4 Å². The Morgan fingerprint density at radius 3 is 2.50 bits per heavy atom. The average Bonchev–Trinajstić information content (AvgIpc) is 2.65. The zero-order valence-electron chi connectivity index (χ0n) is 17.0. The molecule has 1 aromatic heterocycles. The SMILES string of the molecule is CCCCN/C=C\c1c(C(=O)OC(C)C)c(=O)oc2cc(OC)c(OC)cc12. The van der Waals surface area contributed by atoms with Crippen LogP contribution in [-0.4, -0.2) is 32.8 Å². The average molecular weight is 389 g/mol. The van der Waals surface area contributed by atoms with Gasteiger partial charge in [-0.2, -0.15) is 0 Å². The Hall–Kier alpha value is -2.96. The minimum Gasteiger partial charge on any atom is -0.493 e. The molecule has 0 unspecified atom stereocenters. The standard InChI is InChI=1S/C21H27NO6/c1-6-7-9-22-10-8-14-15-11-17(25-4)18(26-5)12-16(15)28-21(24)19(14)20(23)27-13(2)3/h8,10-13,22H,6-7,9H2,1-5H3/b10-8-. The van der Waals surface area contributed by atoms with Gasteiger partial charge in [0.2, 0.25) is 0 Å². The maximum atomic E-state index is 12.6. The van der Waals surface area contributed by atoms with Crippen molar-refractivity contribution in [2.45, 2.75) is 39.7 Å². The highest BCUT2D eigenvalue weighted by atomic mass is 16.5. The third-order valence-electron chi connectivity index (χ3n) is 4.04. The summed E-state index contributed by atoms with van der Waals surface area (Å²) in [4.78, 5) is 25.1. The van der Waals surface area contributed by atoms with Gasteiger partial charge in [0, 0.05) is 23.6 Å². The first kappa shape index (κ1) is 21.3. The lowest BCUT2D eigenvalue weighted by molar-refractivity contribution is 0.0373. The molecule has 0 aliphatic carbocycles. The summed E-state index contributed by atoms with van der Waals surface area (Å²) >= 11 is 0. The Labute approximate surface area is 164 Å². The molecule has 7 nitrogen and oxygen atoms in total. The Balaban J connectivity index is 2.67. The van der Waals surface area contributed by atoms with Crippen molar-refractivity contribution in [3.63, 3.8) is 0 Å². The zero-order chi connectivity index (χ0) is 20.7. The van der Waals surface area contributed by atoms with E-state index in [1.54, 1.807) is 38.3 Å². The number of rotatable bonds is 9. The summed E-state index contributed by atoms with van der Waals surface area (Å²) in [6.45, 7) is 6.32. The third-order valence-corrected chi connectivity index (χ3v) is 4.04. The molecule has 0 radical (unpaired) electrons. The van der Waals surface area contributed by atoms with Crippen LogP contribution >= 0.6 is 0 Å². The molecule has 1 N–H and O–H groups in total. The summed E-state index contributed by atoms with van der Waals surface area (Å²) in [5, 5.41) is 3.70. The summed E-state index contributed by atoms with van der Waals surface area (Å²) in [5.74, 6) is 0.154. The van der Waals surface area contributed by atoms with E-state index in [0.29, 0.717) is 22.4 Å². The molecule has 0 aliphatic rings. The molecular formula is C21H27NO6. The lowest BCUT2D eigenvalue weighted by Crippen LogP contribution is -2.21. The molecule has 1 aromatic carbocycles. The van der Waals surface area contributed by atoms with E-state index >= 15 is 0 Å². The fourth-order valence-corrected chi connectivity index (χ4v) is 2.69. The van der Waals surface area contributed by atoms with Gasteiger partial charge >= 0.3 is 11.6 Å². The lowest BCUT2D eigenvalue weighted by atomic mass is 10.0. The molecule has 0 atom stereocenters. The fraction of sp³-hybridized carbons (Fsp3) is 0.429. The minimum absolute atomic E-state index is 0.151. The molecule has 152 valence electrons. The van der Waals surface area contributed by atoms with Crippen LogP contribution in [0.15, 0.2) is 27.5 Å². The quantitative estimate of drug-likeness (QED) is 0.397. The van der Waals surface area contributed by atoms with Crippen LogP contribution in [0.25, 0.3) is 17.0 Å². The van der Waals surface area contributed by atoms with E-state index in [2.05, 4.69) is 12.2 Å². The number of carbonyl (C=O) groups excluding carboxylic acids is 1. The van der Waals surface area contributed by atoms with E-state index in [4.69, 9.17) is 18.6 Å². The Morgan fingerprint density at radius 2 is 1.89 bits per heavy atom. The number of nitrogens with one attached hydrogen (secondary N) is 1. The van der Waals surface area contributed by atoms with Crippen molar-refractivity contribution >= 4 is 23.0 Å². The molecule has 0 spiro atoms. The van der Waals surface area contributed by atoms with E-state index < -0.39 is 11.6 Å². The first-order chi connectivity index (χ1) is 13.4. The van der Waals surface area contributed by atoms with Crippen molar-refractivity contribution in [1.82, 2.24) is 5.32 Å². The van der Waals surface area contributed by atoms with Crippen molar-refractivity contribution in [2.75, 3.05) is 20.8 Å². The van der Waals surface area contributed by atoms with Gasteiger partial charge in [0.25, 0.3) is 0 Å². The largest absolute Gasteiger partial charge is 0.493 e. The lowest BCUT2D eigenvalue weighted by Gasteiger charge is -2.13. The molecule has 0 saturated carbocycles. The highest BCUT2D eigenvalue weighted by Crippen LogP contribution is 2.34. The predicted octanol–water partition coefficient (Wildman–Crippen LogP) is 3.74. The minimum atomic E-state index is -0.765. The first-order valence-electron chi connectivity index (χ1n) is 9.26. The van der Waals surface area contributed by atoms with Crippen LogP contribution in [0.1, 0.15) is 49.5 Å². The fourth-order valence-electron chi connectivity index (χ4n) is 2.69. The van der Waals surface area contributed by atoms with Crippen molar-refractivity contribution in [3.05, 3.63) is 39.9 Å². The van der Waals surface area contributed by atoms with E-state index in [0.717, 1.165) is 19.4 Å². The molecule has 28 heavy (non-hydrogen) atoms. The van der Waals surface area contributed by atoms with Gasteiger partial charge in [-0.3, -0.25) is 0 Å². The molecule has 2 rings (SSSR count). The number of carbonyl (C=O) groups is 1. The van der Waals surface area contributed by atoms with Gasteiger partial charge in [-0.15, -0.1) is 0 Å². The molecule has 1 heterocycles. The van der Waals surface area contributed by atoms with Gasteiger partial charge in [0.05, 0.1) is 20.3 Å². The number of hydrogen-bond donors (Lipinski definition) is 1. The number of esters is 1. The van der Waals surface area contributed by atoms with Gasteiger partial charge in [0.15, 0.2) is 17.1 Å². The molecule has 0 saturated heterocycles. The monoisotopic (exact) mass is 389 g/mol. The van der Waals surface area contributed by atoms with E-state index in [1.807, 2.05) is 0 Å². The number of fused-ring (bicyclic) bond motifs is 1. The molecule has 7 heteroatoms. The number of ether oxygens (including phenoxy) is 3. The third kappa shape index (κ3) is 4.85. The Bertz CT molecular complexity index is 913. The van der Waals surface area contributed by atoms with Crippen molar-refractivity contribution in [2.24, 2.45) is 0 Å². The molecule has 0 amide bonds.